The molecular weight excluding hydrogens is 196 g/mol. The van der Waals surface area contributed by atoms with E-state index in [0.717, 1.165) is 11.8 Å². The molecule has 2 aliphatic carbocycles. The maximum Gasteiger partial charge on any atom is 0.0368 e. The smallest absolute Gasteiger partial charge is 0.0368 e. The number of fused-ring (bicyclic) bond motifs is 5. The van der Waals surface area contributed by atoms with Gasteiger partial charge >= 0.3 is 0 Å². The molecule has 3 atom stereocenters. The second kappa shape index (κ2) is 3.90. The van der Waals surface area contributed by atoms with Crippen molar-refractivity contribution >= 4 is 6.21 Å². The van der Waals surface area contributed by atoms with Crippen molar-refractivity contribution < 1.29 is 0 Å². The first-order chi connectivity index (χ1) is 7.85. The van der Waals surface area contributed by atoms with E-state index in [0.29, 0.717) is 11.8 Å². The summed E-state index contributed by atoms with van der Waals surface area (Å²) in [6, 6.07) is 0. The normalized spacial score (nSPS) is 35.8. The number of allylic oxidation sites excluding steroid dienone is 2. The van der Waals surface area contributed by atoms with Gasteiger partial charge in [-0.05, 0) is 49.5 Å². The minimum atomic E-state index is 0.690. The molecule has 3 unspecified atom stereocenters. The van der Waals surface area contributed by atoms with E-state index < -0.39 is 0 Å². The van der Waals surface area contributed by atoms with Crippen molar-refractivity contribution in [2.24, 2.45) is 28.8 Å². The Morgan fingerprint density at radius 1 is 1.38 bits per heavy atom. The zero-order valence-electron chi connectivity index (χ0n) is 10.4. The lowest BCUT2D eigenvalue weighted by Crippen LogP contribution is -2.29. The summed E-state index contributed by atoms with van der Waals surface area (Å²) < 4.78 is 0. The van der Waals surface area contributed by atoms with Gasteiger partial charge in [0.25, 0.3) is 0 Å². The molecule has 3 rings (SSSR count). The largest absolute Gasteiger partial charge is 0.283 e. The Hall–Kier alpha value is -0.790. The molecule has 1 aliphatic heterocycles. The Morgan fingerprint density at radius 2 is 2.19 bits per heavy atom. The zero-order valence-corrected chi connectivity index (χ0v) is 10.4. The summed E-state index contributed by atoms with van der Waals surface area (Å²) in [6.45, 7) is 4.59. The van der Waals surface area contributed by atoms with Gasteiger partial charge in [0.05, 0.1) is 0 Å². The number of hydrogen-bond donors (Lipinski definition) is 1. The minimum absolute atomic E-state index is 0.690. The summed E-state index contributed by atoms with van der Waals surface area (Å²) in [5, 5.41) is 4.40. The summed E-state index contributed by atoms with van der Waals surface area (Å²) in [4.78, 5) is 0. The highest BCUT2D eigenvalue weighted by Gasteiger charge is 2.45. The fourth-order valence-corrected chi connectivity index (χ4v) is 4.03. The van der Waals surface area contributed by atoms with E-state index in [1.165, 1.54) is 37.8 Å². The molecular formula is C14H22N2. The number of rotatable bonds is 3. The van der Waals surface area contributed by atoms with E-state index in [1.807, 2.05) is 0 Å². The lowest BCUT2D eigenvalue weighted by molar-refractivity contribution is 0.449. The van der Waals surface area contributed by atoms with Gasteiger partial charge in [0.15, 0.2) is 0 Å². The third-order valence-electron chi connectivity index (χ3n) is 4.90. The van der Waals surface area contributed by atoms with Crippen molar-refractivity contribution in [2.45, 2.75) is 46.0 Å². The maximum absolute atomic E-state index is 4.40. The van der Waals surface area contributed by atoms with Crippen molar-refractivity contribution in [1.82, 2.24) is 5.43 Å². The van der Waals surface area contributed by atoms with Gasteiger partial charge < -0.3 is 0 Å². The fourth-order valence-electron chi connectivity index (χ4n) is 4.03. The van der Waals surface area contributed by atoms with E-state index in [2.05, 4.69) is 30.6 Å². The van der Waals surface area contributed by atoms with Crippen molar-refractivity contribution in [3.8, 4) is 0 Å². The number of nitrogens with zero attached hydrogens (tertiary/aromatic N) is 1. The highest BCUT2D eigenvalue weighted by molar-refractivity contribution is 5.69. The van der Waals surface area contributed by atoms with Crippen LogP contribution < -0.4 is 5.43 Å². The SMILES string of the molecule is CCC(CC)C1=C2C3CCC(C3)C2C=NN1. The van der Waals surface area contributed by atoms with Crippen LogP contribution in [-0.4, -0.2) is 6.21 Å². The molecule has 3 aliphatic rings. The molecule has 16 heavy (non-hydrogen) atoms. The maximum atomic E-state index is 4.40. The molecule has 88 valence electrons. The zero-order chi connectivity index (χ0) is 11.1. The molecule has 0 saturated heterocycles. The van der Waals surface area contributed by atoms with Gasteiger partial charge in [0.1, 0.15) is 0 Å². The number of hydrazone groups is 1. The summed E-state index contributed by atoms with van der Waals surface area (Å²) >= 11 is 0. The molecule has 0 aromatic rings. The lowest BCUT2D eigenvalue weighted by Gasteiger charge is -2.31. The van der Waals surface area contributed by atoms with Gasteiger partial charge in [-0.15, -0.1) is 0 Å². The Bertz CT molecular complexity index is 339. The first-order valence-corrected chi connectivity index (χ1v) is 6.88. The number of nitrogens with one attached hydrogen (secondary N) is 1. The molecule has 1 heterocycles. The van der Waals surface area contributed by atoms with Crippen molar-refractivity contribution in [2.75, 3.05) is 0 Å². The summed E-state index contributed by atoms with van der Waals surface area (Å²) in [5.41, 5.74) is 6.55. The molecule has 2 fully saturated rings. The number of hydrogen-bond acceptors (Lipinski definition) is 2. The average molecular weight is 218 g/mol. The molecule has 0 spiro atoms. The highest BCUT2D eigenvalue weighted by Crippen LogP contribution is 2.53. The average Bonchev–Trinajstić information content (AvgIpc) is 2.92. The van der Waals surface area contributed by atoms with Crippen LogP contribution in [-0.2, 0) is 0 Å². The Kier molecular flexibility index (Phi) is 2.53. The Balaban J connectivity index is 1.96. The molecule has 2 saturated carbocycles. The van der Waals surface area contributed by atoms with Crippen molar-refractivity contribution in [3.63, 3.8) is 0 Å². The third-order valence-corrected chi connectivity index (χ3v) is 4.90. The van der Waals surface area contributed by atoms with Crippen LogP contribution in [0.4, 0.5) is 0 Å². The van der Waals surface area contributed by atoms with Gasteiger partial charge in [0, 0.05) is 23.7 Å². The Morgan fingerprint density at radius 3 is 2.94 bits per heavy atom. The van der Waals surface area contributed by atoms with E-state index in [9.17, 15) is 0 Å². The van der Waals surface area contributed by atoms with Crippen LogP contribution in [0, 0.1) is 23.7 Å². The van der Waals surface area contributed by atoms with E-state index >= 15 is 0 Å². The summed E-state index contributed by atoms with van der Waals surface area (Å²) in [5.74, 6) is 3.19. The monoisotopic (exact) mass is 218 g/mol. The van der Waals surface area contributed by atoms with Gasteiger partial charge in [0.2, 0.25) is 0 Å². The molecule has 1 N–H and O–H groups in total. The molecule has 0 aromatic heterocycles. The lowest BCUT2D eigenvalue weighted by atomic mass is 9.80. The second-order valence-electron chi connectivity index (χ2n) is 5.57. The third kappa shape index (κ3) is 1.35. The van der Waals surface area contributed by atoms with Crippen LogP contribution >= 0.6 is 0 Å². The van der Waals surface area contributed by atoms with Gasteiger partial charge in [-0.2, -0.15) is 5.10 Å². The van der Waals surface area contributed by atoms with Crippen LogP contribution in [0.5, 0.6) is 0 Å². The van der Waals surface area contributed by atoms with Gasteiger partial charge in [-0.1, -0.05) is 13.8 Å². The molecule has 2 nitrogen and oxygen atoms in total. The topological polar surface area (TPSA) is 24.4 Å². The first-order valence-electron chi connectivity index (χ1n) is 6.88. The van der Waals surface area contributed by atoms with Gasteiger partial charge in [-0.25, -0.2) is 0 Å². The summed E-state index contributed by atoms with van der Waals surface area (Å²) in [7, 11) is 0. The summed E-state index contributed by atoms with van der Waals surface area (Å²) in [6.07, 6.45) is 8.93. The molecule has 0 aromatic carbocycles. The Labute approximate surface area is 98.2 Å². The van der Waals surface area contributed by atoms with E-state index in [1.54, 1.807) is 5.57 Å². The van der Waals surface area contributed by atoms with E-state index in [4.69, 9.17) is 0 Å². The van der Waals surface area contributed by atoms with Gasteiger partial charge in [-0.3, -0.25) is 5.43 Å². The van der Waals surface area contributed by atoms with Crippen LogP contribution in [0.1, 0.15) is 46.0 Å². The first kappa shape index (κ1) is 10.4. The van der Waals surface area contributed by atoms with Crippen molar-refractivity contribution in [1.29, 1.82) is 0 Å². The molecule has 2 bridgehead atoms. The predicted octanol–water partition coefficient (Wildman–Crippen LogP) is 3.31. The molecule has 0 radical (unpaired) electrons. The molecule has 0 amide bonds. The van der Waals surface area contributed by atoms with E-state index in [-0.39, 0.29) is 0 Å². The fraction of sp³-hybridized carbons (Fsp3) is 0.786. The van der Waals surface area contributed by atoms with Crippen LogP contribution in [0.15, 0.2) is 16.4 Å². The van der Waals surface area contributed by atoms with Crippen LogP contribution in [0.25, 0.3) is 0 Å². The van der Waals surface area contributed by atoms with Crippen molar-refractivity contribution in [3.05, 3.63) is 11.3 Å². The van der Waals surface area contributed by atoms with Crippen LogP contribution in [0.2, 0.25) is 0 Å². The quantitative estimate of drug-likeness (QED) is 0.772. The van der Waals surface area contributed by atoms with Crippen LogP contribution in [0.3, 0.4) is 0 Å². The molecule has 2 heteroatoms. The highest BCUT2D eigenvalue weighted by atomic mass is 15.3. The predicted molar refractivity (Wildman–Crippen MR) is 67.0 cm³/mol. The second-order valence-corrected chi connectivity index (χ2v) is 5.57. The minimum Gasteiger partial charge on any atom is -0.283 e. The standard InChI is InChI=1S/C14H22N2/c1-3-9(4-2)14-13-11-6-5-10(7-11)12(13)8-15-16-14/h8-12,16H,3-7H2,1-2H3.